The summed E-state index contributed by atoms with van der Waals surface area (Å²) in [5.74, 6) is -1.27. The van der Waals surface area contributed by atoms with E-state index in [4.69, 9.17) is 0 Å². The number of hydrogen-bond donors (Lipinski definition) is 1. The van der Waals surface area contributed by atoms with E-state index in [0.29, 0.717) is 45.4 Å². The molecular formula is C25H19F2N7OS. The first-order valence-corrected chi connectivity index (χ1v) is 12.1. The van der Waals surface area contributed by atoms with Crippen molar-refractivity contribution >= 4 is 33.6 Å². The molecule has 6 rings (SSSR count). The van der Waals surface area contributed by atoms with Crippen LogP contribution in [0.4, 0.5) is 19.6 Å². The number of anilines is 2. The molecule has 1 fully saturated rings. The molecule has 5 aromatic rings. The van der Waals surface area contributed by atoms with Crippen LogP contribution in [0.25, 0.3) is 16.2 Å². The highest BCUT2D eigenvalue weighted by atomic mass is 32.1. The van der Waals surface area contributed by atoms with Crippen molar-refractivity contribution in [1.29, 1.82) is 0 Å². The van der Waals surface area contributed by atoms with E-state index in [0.717, 1.165) is 24.2 Å². The maximum atomic E-state index is 14.5. The van der Waals surface area contributed by atoms with Crippen molar-refractivity contribution in [2.75, 3.05) is 16.8 Å². The fraction of sp³-hybridized carbons (Fsp3) is 0.160. The molecule has 5 heterocycles. The number of rotatable bonds is 5. The first-order valence-electron chi connectivity index (χ1n) is 11.3. The van der Waals surface area contributed by atoms with Crippen LogP contribution in [-0.4, -0.2) is 37.2 Å². The van der Waals surface area contributed by atoms with Crippen LogP contribution >= 0.6 is 11.3 Å². The van der Waals surface area contributed by atoms with Crippen LogP contribution in [-0.2, 0) is 0 Å². The Morgan fingerprint density at radius 2 is 2.03 bits per heavy atom. The molecule has 0 saturated carbocycles. The lowest BCUT2D eigenvalue weighted by Gasteiger charge is -2.27. The molecule has 1 N–H and O–H groups in total. The fourth-order valence-electron chi connectivity index (χ4n) is 4.52. The van der Waals surface area contributed by atoms with Crippen molar-refractivity contribution in [2.45, 2.75) is 18.9 Å². The summed E-state index contributed by atoms with van der Waals surface area (Å²) in [6, 6.07) is 12.4. The summed E-state index contributed by atoms with van der Waals surface area (Å²) in [7, 11) is 0. The topological polar surface area (TPSA) is 88.3 Å². The normalized spacial score (nSPS) is 15.5. The number of carbonyl (C=O) groups excluding carboxylic acids is 1. The predicted octanol–water partition coefficient (Wildman–Crippen LogP) is 5.12. The summed E-state index contributed by atoms with van der Waals surface area (Å²) in [6.45, 7) is 0.688. The molecule has 0 radical (unpaired) electrons. The average Bonchev–Trinajstić information content (AvgIpc) is 3.65. The minimum absolute atomic E-state index is 0.297. The standard InChI is InChI=1S/C25H19F2N7OS/c26-15-6-7-19(27)17(12-15)21-5-3-10-33(21)16-8-11-34-22(13-16)18(14-29-34)23(35)30-25-32-31-24(36-25)20-4-1-2-9-28-20/h1-2,4,6-9,11-14,21H,3,5,10H2,(H,30,32,35). The van der Waals surface area contributed by atoms with Gasteiger partial charge in [0.05, 0.1) is 23.3 Å². The molecule has 11 heteroatoms. The maximum absolute atomic E-state index is 14.5. The first kappa shape index (κ1) is 22.2. The monoisotopic (exact) mass is 503 g/mol. The number of aromatic nitrogens is 5. The van der Waals surface area contributed by atoms with Crippen LogP contribution in [0.5, 0.6) is 0 Å². The number of benzene rings is 1. The van der Waals surface area contributed by atoms with Crippen molar-refractivity contribution in [1.82, 2.24) is 24.8 Å². The van der Waals surface area contributed by atoms with Crippen molar-refractivity contribution in [3.05, 3.63) is 89.9 Å². The van der Waals surface area contributed by atoms with Crippen LogP contribution < -0.4 is 10.2 Å². The summed E-state index contributed by atoms with van der Waals surface area (Å²) >= 11 is 1.22. The minimum atomic E-state index is -0.466. The maximum Gasteiger partial charge on any atom is 0.261 e. The molecule has 1 saturated heterocycles. The Hall–Kier alpha value is -4.25. The minimum Gasteiger partial charge on any atom is -0.364 e. The molecular weight excluding hydrogens is 484 g/mol. The van der Waals surface area contributed by atoms with Gasteiger partial charge in [-0.15, -0.1) is 10.2 Å². The van der Waals surface area contributed by atoms with Gasteiger partial charge in [0.2, 0.25) is 5.13 Å². The predicted molar refractivity (Wildman–Crippen MR) is 132 cm³/mol. The third-order valence-corrected chi connectivity index (χ3v) is 7.04. The number of nitrogens with one attached hydrogen (secondary N) is 1. The zero-order chi connectivity index (χ0) is 24.6. The van der Waals surface area contributed by atoms with Crippen LogP contribution in [0.2, 0.25) is 0 Å². The smallest absolute Gasteiger partial charge is 0.261 e. The van der Waals surface area contributed by atoms with E-state index < -0.39 is 11.6 Å². The quantitative estimate of drug-likeness (QED) is 0.358. The second-order valence-electron chi connectivity index (χ2n) is 8.37. The second kappa shape index (κ2) is 9.08. The van der Waals surface area contributed by atoms with Gasteiger partial charge < -0.3 is 4.90 Å². The van der Waals surface area contributed by atoms with Crippen molar-refractivity contribution in [3.63, 3.8) is 0 Å². The molecule has 1 atom stereocenters. The van der Waals surface area contributed by atoms with Crippen molar-refractivity contribution < 1.29 is 13.6 Å². The number of halogens is 2. The van der Waals surface area contributed by atoms with E-state index >= 15 is 0 Å². The summed E-state index contributed by atoms with van der Waals surface area (Å²) in [4.78, 5) is 19.4. The van der Waals surface area contributed by atoms with Gasteiger partial charge in [0.1, 0.15) is 17.3 Å². The van der Waals surface area contributed by atoms with Gasteiger partial charge in [0.15, 0.2) is 5.01 Å². The lowest BCUT2D eigenvalue weighted by atomic mass is 10.0. The van der Waals surface area contributed by atoms with Crippen molar-refractivity contribution in [2.24, 2.45) is 0 Å². The highest BCUT2D eigenvalue weighted by molar-refractivity contribution is 7.18. The summed E-state index contributed by atoms with van der Waals surface area (Å²) in [5, 5.41) is 16.2. The third kappa shape index (κ3) is 4.07. The number of hydrogen-bond acceptors (Lipinski definition) is 7. The van der Waals surface area contributed by atoms with Crippen LogP contribution in [0.3, 0.4) is 0 Å². The zero-order valence-corrected chi connectivity index (χ0v) is 19.6. The molecule has 4 aromatic heterocycles. The lowest BCUT2D eigenvalue weighted by molar-refractivity contribution is 0.102. The number of amides is 1. The lowest BCUT2D eigenvalue weighted by Crippen LogP contribution is -2.23. The molecule has 180 valence electrons. The molecule has 0 aliphatic carbocycles. The van der Waals surface area contributed by atoms with E-state index in [1.807, 2.05) is 35.2 Å². The van der Waals surface area contributed by atoms with Gasteiger partial charge in [0, 0.05) is 30.2 Å². The van der Waals surface area contributed by atoms with Crippen molar-refractivity contribution in [3.8, 4) is 10.7 Å². The van der Waals surface area contributed by atoms with Gasteiger partial charge in [-0.25, -0.2) is 13.3 Å². The number of carbonyl (C=O) groups is 1. The average molecular weight is 504 g/mol. The van der Waals surface area contributed by atoms with Crippen LogP contribution in [0.15, 0.2) is 67.1 Å². The summed E-state index contributed by atoms with van der Waals surface area (Å²) in [5.41, 5.74) is 2.75. The van der Waals surface area contributed by atoms with Gasteiger partial charge in [-0.3, -0.25) is 15.1 Å². The van der Waals surface area contributed by atoms with Gasteiger partial charge >= 0.3 is 0 Å². The Bertz CT molecular complexity index is 1570. The SMILES string of the molecule is O=C(Nc1nnc(-c2ccccn2)s1)c1cnn2ccc(N3CCCC3c3cc(F)ccc3F)cc12. The van der Waals surface area contributed by atoms with Gasteiger partial charge in [-0.1, -0.05) is 17.4 Å². The zero-order valence-electron chi connectivity index (χ0n) is 18.8. The first-order chi connectivity index (χ1) is 17.6. The Kier molecular flexibility index (Phi) is 5.61. The molecule has 1 unspecified atom stereocenters. The largest absolute Gasteiger partial charge is 0.364 e. The molecule has 0 spiro atoms. The summed E-state index contributed by atoms with van der Waals surface area (Å²) in [6.07, 6.45) is 6.45. The Labute approximate surface area is 208 Å². The van der Waals surface area contributed by atoms with E-state index in [9.17, 15) is 13.6 Å². The molecule has 8 nitrogen and oxygen atoms in total. The van der Waals surface area contributed by atoms with E-state index in [1.165, 1.54) is 23.6 Å². The van der Waals surface area contributed by atoms with Gasteiger partial charge in [-0.05, 0) is 55.3 Å². The number of fused-ring (bicyclic) bond motifs is 1. The second-order valence-corrected chi connectivity index (χ2v) is 9.35. The number of nitrogens with zero attached hydrogens (tertiary/aromatic N) is 6. The van der Waals surface area contributed by atoms with E-state index in [-0.39, 0.29) is 11.9 Å². The third-order valence-electron chi connectivity index (χ3n) is 6.18. The number of pyridine rings is 2. The van der Waals surface area contributed by atoms with E-state index in [2.05, 4.69) is 25.6 Å². The van der Waals surface area contributed by atoms with Gasteiger partial charge in [-0.2, -0.15) is 5.10 Å². The molecule has 1 aromatic carbocycles. The molecule has 1 amide bonds. The van der Waals surface area contributed by atoms with Crippen LogP contribution in [0.1, 0.15) is 34.8 Å². The molecule has 1 aliphatic rings. The van der Waals surface area contributed by atoms with E-state index in [1.54, 1.807) is 16.9 Å². The Balaban J connectivity index is 1.28. The Morgan fingerprint density at radius 3 is 2.89 bits per heavy atom. The molecule has 36 heavy (non-hydrogen) atoms. The molecule has 1 aliphatic heterocycles. The molecule has 0 bridgehead atoms. The fourth-order valence-corrected chi connectivity index (χ4v) is 5.24. The summed E-state index contributed by atoms with van der Waals surface area (Å²) < 4.78 is 30.0. The van der Waals surface area contributed by atoms with Crippen LogP contribution in [0, 0.1) is 11.6 Å². The highest BCUT2D eigenvalue weighted by Gasteiger charge is 2.29. The highest BCUT2D eigenvalue weighted by Crippen LogP contribution is 2.38. The Morgan fingerprint density at radius 1 is 1.11 bits per heavy atom. The van der Waals surface area contributed by atoms with Gasteiger partial charge in [0.25, 0.3) is 5.91 Å².